The molecule has 256 valence electrons. The Kier molecular flexibility index (Phi) is 9.89. The van der Waals surface area contributed by atoms with E-state index in [-0.39, 0.29) is 18.2 Å². The third-order valence-corrected chi connectivity index (χ3v) is 8.09. The van der Waals surface area contributed by atoms with Gasteiger partial charge in [-0.1, -0.05) is 12.2 Å². The quantitative estimate of drug-likeness (QED) is 0.171. The standard InChI is InChI=1S/C34H24F12O2/c1-2-3-16-8-17-12-28(40)31(32(41)30(17)25(37)9-16)19-13-26(38)29(27(39)14-19)18-10-23(35)22(24(36)11-18)15-47-21-6-4-20(5-7-21)33(42,43)48-34(44,45)46/h2-3,8-14,20-21H,4-7,15H2,1H3/b3-2+. The molecule has 0 bridgehead atoms. The van der Waals surface area contributed by atoms with E-state index in [1.165, 1.54) is 12.1 Å². The SMILES string of the molecule is C/C=C/c1cc(F)c2c(F)c(-c3cc(F)c(-c4cc(F)c(COC5CCC(C(F)(F)OC(F)(F)F)CC5)c(F)c4)c(F)c3)c(F)cc2c1. The van der Waals surface area contributed by atoms with Gasteiger partial charge in [-0.2, -0.15) is 8.78 Å². The minimum atomic E-state index is -5.54. The smallest absolute Gasteiger partial charge is 0.373 e. The molecule has 0 aliphatic heterocycles. The molecule has 4 aromatic carbocycles. The fourth-order valence-corrected chi connectivity index (χ4v) is 5.87. The first kappa shape index (κ1) is 35.3. The van der Waals surface area contributed by atoms with E-state index in [4.69, 9.17) is 4.74 Å². The third kappa shape index (κ3) is 7.34. The van der Waals surface area contributed by atoms with Crippen LogP contribution in [0.1, 0.15) is 43.7 Å². The number of benzene rings is 4. The van der Waals surface area contributed by atoms with Gasteiger partial charge in [0.15, 0.2) is 0 Å². The molecule has 1 saturated carbocycles. The molecule has 0 unspecified atom stereocenters. The molecule has 48 heavy (non-hydrogen) atoms. The molecule has 1 fully saturated rings. The van der Waals surface area contributed by atoms with E-state index in [9.17, 15) is 35.1 Å². The van der Waals surface area contributed by atoms with Crippen molar-refractivity contribution in [3.63, 3.8) is 0 Å². The summed E-state index contributed by atoms with van der Waals surface area (Å²) in [5.41, 5.74) is -3.49. The predicted octanol–water partition coefficient (Wildman–Crippen LogP) is 11.4. The van der Waals surface area contributed by atoms with Gasteiger partial charge in [-0.3, -0.25) is 0 Å². The first-order valence-electron chi connectivity index (χ1n) is 14.5. The number of allylic oxidation sites excluding steroid dienone is 1. The second-order valence-electron chi connectivity index (χ2n) is 11.3. The summed E-state index contributed by atoms with van der Waals surface area (Å²) >= 11 is 0. The van der Waals surface area contributed by atoms with Gasteiger partial charge in [0, 0.05) is 5.56 Å². The highest BCUT2D eigenvalue weighted by Crippen LogP contribution is 2.42. The summed E-state index contributed by atoms with van der Waals surface area (Å²) in [4.78, 5) is 0. The molecule has 0 atom stereocenters. The van der Waals surface area contributed by atoms with Gasteiger partial charge in [0.05, 0.1) is 35.1 Å². The Labute approximate surface area is 265 Å². The summed E-state index contributed by atoms with van der Waals surface area (Å²) in [7, 11) is 0. The van der Waals surface area contributed by atoms with E-state index >= 15 is 17.6 Å². The van der Waals surface area contributed by atoms with Crippen molar-refractivity contribution in [2.24, 2.45) is 5.92 Å². The molecule has 1 aliphatic rings. The Morgan fingerprint density at radius 3 is 1.77 bits per heavy atom. The van der Waals surface area contributed by atoms with Crippen molar-refractivity contribution >= 4 is 16.8 Å². The van der Waals surface area contributed by atoms with Crippen LogP contribution in [0.4, 0.5) is 52.7 Å². The molecule has 0 N–H and O–H groups in total. The molecular formula is C34H24F12O2. The molecule has 2 nitrogen and oxygen atoms in total. The van der Waals surface area contributed by atoms with Crippen LogP contribution in [-0.2, 0) is 16.1 Å². The van der Waals surface area contributed by atoms with Crippen LogP contribution in [0.2, 0.25) is 0 Å². The number of rotatable bonds is 8. The van der Waals surface area contributed by atoms with Crippen molar-refractivity contribution in [2.75, 3.05) is 0 Å². The molecule has 0 radical (unpaired) electrons. The first-order chi connectivity index (χ1) is 22.5. The highest BCUT2D eigenvalue weighted by molar-refractivity contribution is 5.91. The van der Waals surface area contributed by atoms with Crippen LogP contribution in [0.15, 0.2) is 48.5 Å². The van der Waals surface area contributed by atoms with Crippen molar-refractivity contribution in [1.29, 1.82) is 0 Å². The van der Waals surface area contributed by atoms with Crippen molar-refractivity contribution < 1.29 is 62.2 Å². The van der Waals surface area contributed by atoms with E-state index in [1.807, 2.05) is 0 Å². The molecule has 14 heteroatoms. The monoisotopic (exact) mass is 692 g/mol. The topological polar surface area (TPSA) is 18.5 Å². The number of hydrogen-bond acceptors (Lipinski definition) is 2. The van der Waals surface area contributed by atoms with Gasteiger partial charge in [-0.25, -0.2) is 35.5 Å². The summed E-state index contributed by atoms with van der Waals surface area (Å²) in [6, 6.07) is 5.36. The average Bonchev–Trinajstić information content (AvgIpc) is 2.95. The zero-order chi connectivity index (χ0) is 35.1. The zero-order valence-corrected chi connectivity index (χ0v) is 24.7. The molecule has 0 spiro atoms. The van der Waals surface area contributed by atoms with Gasteiger partial charge in [-0.05, 0) is 97.1 Å². The maximum atomic E-state index is 15.4. The van der Waals surface area contributed by atoms with Crippen LogP contribution in [0.25, 0.3) is 39.1 Å². The molecule has 0 aromatic heterocycles. The van der Waals surface area contributed by atoms with Gasteiger partial charge < -0.3 is 4.74 Å². The summed E-state index contributed by atoms with van der Waals surface area (Å²) in [5, 5.41) is -0.757. The fourth-order valence-electron chi connectivity index (χ4n) is 5.87. The van der Waals surface area contributed by atoms with E-state index in [1.54, 1.807) is 13.0 Å². The Morgan fingerprint density at radius 1 is 0.667 bits per heavy atom. The maximum absolute atomic E-state index is 15.4. The van der Waals surface area contributed by atoms with Crippen molar-refractivity contribution in [1.82, 2.24) is 0 Å². The largest absolute Gasteiger partial charge is 0.527 e. The number of halogens is 12. The van der Waals surface area contributed by atoms with Gasteiger partial charge in [0.25, 0.3) is 0 Å². The summed E-state index contributed by atoms with van der Waals surface area (Å²) in [6.45, 7) is 0.918. The number of hydrogen-bond donors (Lipinski definition) is 0. The lowest BCUT2D eigenvalue weighted by molar-refractivity contribution is -0.439. The lowest BCUT2D eigenvalue weighted by Crippen LogP contribution is -2.39. The van der Waals surface area contributed by atoms with Crippen LogP contribution >= 0.6 is 0 Å². The minimum Gasteiger partial charge on any atom is -0.373 e. The number of alkyl halides is 5. The van der Waals surface area contributed by atoms with Gasteiger partial charge in [0.2, 0.25) is 0 Å². The summed E-state index contributed by atoms with van der Waals surface area (Å²) < 4.78 is 179. The Hall–Kier alpha value is -4.04. The molecule has 0 heterocycles. The lowest BCUT2D eigenvalue weighted by atomic mass is 9.86. The minimum absolute atomic E-state index is 0.140. The molecule has 4 aromatic rings. The Balaban J connectivity index is 1.35. The number of ether oxygens (including phenoxy) is 2. The predicted molar refractivity (Wildman–Crippen MR) is 152 cm³/mol. The molecular weight excluding hydrogens is 668 g/mol. The second-order valence-corrected chi connectivity index (χ2v) is 11.3. The Bertz CT molecular complexity index is 1830. The second kappa shape index (κ2) is 13.5. The van der Waals surface area contributed by atoms with Crippen LogP contribution in [0, 0.1) is 46.6 Å². The lowest BCUT2D eigenvalue weighted by Gasteiger charge is -2.33. The van der Waals surface area contributed by atoms with Gasteiger partial charge >= 0.3 is 12.5 Å². The highest BCUT2D eigenvalue weighted by atomic mass is 19.4. The third-order valence-electron chi connectivity index (χ3n) is 8.09. The molecule has 0 amide bonds. The van der Waals surface area contributed by atoms with Crippen molar-refractivity contribution in [3.05, 3.63) is 100 Å². The zero-order valence-electron chi connectivity index (χ0n) is 24.7. The van der Waals surface area contributed by atoms with E-state index in [0.29, 0.717) is 29.8 Å². The van der Waals surface area contributed by atoms with E-state index in [2.05, 4.69) is 4.74 Å². The van der Waals surface area contributed by atoms with E-state index < -0.39 is 118 Å². The van der Waals surface area contributed by atoms with Crippen LogP contribution in [0.3, 0.4) is 0 Å². The van der Waals surface area contributed by atoms with Crippen LogP contribution < -0.4 is 0 Å². The van der Waals surface area contributed by atoms with E-state index in [0.717, 1.165) is 12.1 Å². The summed E-state index contributed by atoms with van der Waals surface area (Å²) in [6.07, 6.45) is -8.92. The molecule has 0 saturated heterocycles. The molecule has 5 rings (SSSR count). The van der Waals surface area contributed by atoms with Gasteiger partial charge in [0.1, 0.15) is 40.7 Å². The van der Waals surface area contributed by atoms with Crippen molar-refractivity contribution in [2.45, 2.75) is 57.8 Å². The summed E-state index contributed by atoms with van der Waals surface area (Å²) in [5.74, 6) is -11.0. The van der Waals surface area contributed by atoms with Crippen molar-refractivity contribution in [3.8, 4) is 22.3 Å². The maximum Gasteiger partial charge on any atom is 0.527 e. The molecule has 1 aliphatic carbocycles. The van der Waals surface area contributed by atoms with Crippen LogP contribution in [0.5, 0.6) is 0 Å². The Morgan fingerprint density at radius 2 is 1.21 bits per heavy atom. The highest BCUT2D eigenvalue weighted by Gasteiger charge is 2.51. The first-order valence-corrected chi connectivity index (χ1v) is 14.5. The van der Waals surface area contributed by atoms with Crippen LogP contribution in [-0.4, -0.2) is 18.6 Å². The number of fused-ring (bicyclic) bond motifs is 1. The fraction of sp³-hybridized carbons (Fsp3) is 0.294. The normalized spacial score (nSPS) is 17.5. The van der Waals surface area contributed by atoms with Gasteiger partial charge in [-0.15, -0.1) is 13.2 Å². The average molecular weight is 693 g/mol.